The van der Waals surface area contributed by atoms with Crippen LogP contribution in [0.2, 0.25) is 0 Å². The molecule has 1 aromatic rings. The number of nitrogens with zero attached hydrogens (tertiary/aromatic N) is 2. The number of sulfone groups is 1. The first-order valence-electron chi connectivity index (χ1n) is 7.67. The van der Waals surface area contributed by atoms with Crippen molar-refractivity contribution in [2.75, 3.05) is 35.4 Å². The molecule has 0 saturated carbocycles. The monoisotopic (exact) mass is 354 g/mol. The van der Waals surface area contributed by atoms with Crippen molar-refractivity contribution < 1.29 is 17.9 Å². The first kappa shape index (κ1) is 15.1. The Morgan fingerprint density at radius 2 is 2.04 bits per heavy atom. The van der Waals surface area contributed by atoms with Crippen LogP contribution in [0.15, 0.2) is 23.2 Å². The molecule has 2 atom stereocenters. The summed E-state index contributed by atoms with van der Waals surface area (Å²) in [6.07, 6.45) is 0. The molecule has 3 heterocycles. The second-order valence-electron chi connectivity index (χ2n) is 5.75. The molecule has 0 spiro atoms. The summed E-state index contributed by atoms with van der Waals surface area (Å²) in [5.41, 5.74) is 0.915. The van der Waals surface area contributed by atoms with E-state index in [2.05, 4.69) is 16.8 Å². The summed E-state index contributed by atoms with van der Waals surface area (Å²) < 4.78 is 35.2. The first-order chi connectivity index (χ1) is 11.1. The normalized spacial score (nSPS) is 27.7. The Labute approximate surface area is 139 Å². The van der Waals surface area contributed by atoms with Gasteiger partial charge in [0.05, 0.1) is 23.6 Å². The van der Waals surface area contributed by atoms with Crippen molar-refractivity contribution in [2.45, 2.75) is 19.0 Å². The third kappa shape index (κ3) is 2.67. The topological polar surface area (TPSA) is 68.2 Å². The second-order valence-corrected chi connectivity index (χ2v) is 9.14. The van der Waals surface area contributed by atoms with Crippen molar-refractivity contribution in [3.63, 3.8) is 0 Å². The maximum atomic E-state index is 12.0. The Balaban J connectivity index is 1.72. The van der Waals surface area contributed by atoms with Gasteiger partial charge >= 0.3 is 0 Å². The van der Waals surface area contributed by atoms with Gasteiger partial charge in [-0.05, 0) is 17.9 Å². The lowest BCUT2D eigenvalue weighted by Gasteiger charge is -2.28. The van der Waals surface area contributed by atoms with Crippen molar-refractivity contribution in [1.82, 2.24) is 0 Å². The molecule has 0 N–H and O–H groups in total. The second kappa shape index (κ2) is 5.59. The molecule has 1 saturated heterocycles. The van der Waals surface area contributed by atoms with Crippen LogP contribution in [-0.2, 0) is 9.84 Å². The molecule has 3 aliphatic heterocycles. The van der Waals surface area contributed by atoms with Gasteiger partial charge in [-0.15, -0.1) is 0 Å². The number of fused-ring (bicyclic) bond motifs is 2. The van der Waals surface area contributed by atoms with Crippen molar-refractivity contribution >= 4 is 32.5 Å². The number of hydrogen-bond acceptors (Lipinski definition) is 7. The maximum absolute atomic E-state index is 12.0. The number of amidine groups is 1. The molecule has 2 unspecified atom stereocenters. The lowest BCUT2D eigenvalue weighted by Crippen LogP contribution is -2.39. The van der Waals surface area contributed by atoms with Gasteiger partial charge < -0.3 is 14.4 Å². The minimum Gasteiger partial charge on any atom is -0.486 e. The van der Waals surface area contributed by atoms with Gasteiger partial charge in [0, 0.05) is 11.8 Å². The summed E-state index contributed by atoms with van der Waals surface area (Å²) in [7, 11) is -3.02. The van der Waals surface area contributed by atoms with Gasteiger partial charge in [0.1, 0.15) is 13.2 Å². The molecule has 3 aliphatic rings. The summed E-state index contributed by atoms with van der Waals surface area (Å²) >= 11 is 1.65. The summed E-state index contributed by atoms with van der Waals surface area (Å²) in [5.74, 6) is 2.64. The average Bonchev–Trinajstić information content (AvgIpc) is 2.98. The van der Waals surface area contributed by atoms with Gasteiger partial charge in [0.2, 0.25) is 0 Å². The van der Waals surface area contributed by atoms with Gasteiger partial charge in [-0.3, -0.25) is 4.99 Å². The van der Waals surface area contributed by atoms with E-state index in [9.17, 15) is 8.42 Å². The minimum atomic E-state index is -3.02. The van der Waals surface area contributed by atoms with Crippen LogP contribution < -0.4 is 14.4 Å². The van der Waals surface area contributed by atoms with E-state index < -0.39 is 9.84 Å². The Kier molecular flexibility index (Phi) is 3.68. The lowest BCUT2D eigenvalue weighted by molar-refractivity contribution is 0.171. The van der Waals surface area contributed by atoms with E-state index in [4.69, 9.17) is 9.47 Å². The van der Waals surface area contributed by atoms with Crippen LogP contribution in [0.25, 0.3) is 0 Å². The molecule has 0 amide bonds. The summed E-state index contributed by atoms with van der Waals surface area (Å²) in [4.78, 5) is 6.72. The molecule has 0 radical (unpaired) electrons. The molecule has 8 heteroatoms. The number of hydrogen-bond donors (Lipinski definition) is 0. The zero-order valence-electron chi connectivity index (χ0n) is 12.8. The third-order valence-corrected chi connectivity index (χ3v) is 6.73. The molecular weight excluding hydrogens is 336 g/mol. The van der Waals surface area contributed by atoms with E-state index in [1.165, 1.54) is 0 Å². The SMILES string of the molecule is CCSC1=NC2CS(=O)(=O)CC2N1c1ccc2c(c1)OCCO2. The Morgan fingerprint density at radius 1 is 1.26 bits per heavy atom. The van der Waals surface area contributed by atoms with Crippen LogP contribution >= 0.6 is 11.8 Å². The fraction of sp³-hybridized carbons (Fsp3) is 0.533. The smallest absolute Gasteiger partial charge is 0.164 e. The van der Waals surface area contributed by atoms with Crippen molar-refractivity contribution in [2.24, 2.45) is 4.99 Å². The third-order valence-electron chi connectivity index (χ3n) is 4.18. The van der Waals surface area contributed by atoms with Crippen LogP contribution in [0, 0.1) is 0 Å². The predicted octanol–water partition coefficient (Wildman–Crippen LogP) is 1.55. The molecule has 0 aliphatic carbocycles. The highest BCUT2D eigenvalue weighted by Crippen LogP contribution is 2.39. The average molecular weight is 354 g/mol. The van der Waals surface area contributed by atoms with Gasteiger partial charge in [0.25, 0.3) is 0 Å². The number of anilines is 1. The lowest BCUT2D eigenvalue weighted by atomic mass is 10.1. The van der Waals surface area contributed by atoms with E-state index in [0.29, 0.717) is 19.0 Å². The molecule has 124 valence electrons. The fourth-order valence-corrected chi connectivity index (χ4v) is 5.94. The zero-order valence-corrected chi connectivity index (χ0v) is 14.4. The molecule has 1 aromatic carbocycles. The highest BCUT2D eigenvalue weighted by atomic mass is 32.2. The van der Waals surface area contributed by atoms with E-state index in [1.807, 2.05) is 18.2 Å². The first-order valence-corrected chi connectivity index (χ1v) is 10.5. The zero-order chi connectivity index (χ0) is 16.0. The van der Waals surface area contributed by atoms with Crippen molar-refractivity contribution in [1.29, 1.82) is 0 Å². The highest BCUT2D eigenvalue weighted by molar-refractivity contribution is 8.14. The van der Waals surface area contributed by atoms with Crippen LogP contribution in [0.1, 0.15) is 6.92 Å². The number of ether oxygens (including phenoxy) is 2. The van der Waals surface area contributed by atoms with Crippen molar-refractivity contribution in [3.05, 3.63) is 18.2 Å². The van der Waals surface area contributed by atoms with Crippen LogP contribution in [0.3, 0.4) is 0 Å². The van der Waals surface area contributed by atoms with Gasteiger partial charge in [-0.2, -0.15) is 0 Å². The molecule has 4 rings (SSSR count). The van der Waals surface area contributed by atoms with E-state index in [1.54, 1.807) is 11.8 Å². The van der Waals surface area contributed by atoms with Crippen molar-refractivity contribution in [3.8, 4) is 11.5 Å². The van der Waals surface area contributed by atoms with Gasteiger partial charge in [-0.1, -0.05) is 18.7 Å². The maximum Gasteiger partial charge on any atom is 0.164 e. The van der Waals surface area contributed by atoms with Crippen LogP contribution in [-0.4, -0.2) is 56.1 Å². The summed E-state index contributed by atoms with van der Waals surface area (Å²) in [5, 5.41) is 0.897. The standard InChI is InChI=1S/C15H18N2O4S2/c1-2-22-15-16-11-8-23(18,19)9-12(11)17(15)10-3-4-13-14(7-10)21-6-5-20-13/h3-4,7,11-12H,2,5-6,8-9H2,1H3. The summed E-state index contributed by atoms with van der Waals surface area (Å²) in [6, 6.07) is 5.48. The van der Waals surface area contributed by atoms with Crippen LogP contribution in [0.4, 0.5) is 5.69 Å². The predicted molar refractivity (Wildman–Crippen MR) is 91.7 cm³/mol. The molecule has 1 fully saturated rings. The minimum absolute atomic E-state index is 0.114. The van der Waals surface area contributed by atoms with E-state index in [-0.39, 0.29) is 23.6 Å². The molecule has 6 nitrogen and oxygen atoms in total. The highest BCUT2D eigenvalue weighted by Gasteiger charge is 2.47. The van der Waals surface area contributed by atoms with Crippen LogP contribution in [0.5, 0.6) is 11.5 Å². The Morgan fingerprint density at radius 3 is 2.83 bits per heavy atom. The number of thioether (sulfide) groups is 1. The molecule has 23 heavy (non-hydrogen) atoms. The van der Waals surface area contributed by atoms with E-state index >= 15 is 0 Å². The fourth-order valence-electron chi connectivity index (χ4n) is 3.25. The molecular formula is C15H18N2O4S2. The molecule has 0 aromatic heterocycles. The number of benzene rings is 1. The van der Waals surface area contributed by atoms with E-state index in [0.717, 1.165) is 22.4 Å². The summed E-state index contributed by atoms with van der Waals surface area (Å²) in [6.45, 7) is 3.15. The Bertz CT molecular complexity index is 763. The molecule has 0 bridgehead atoms. The van der Waals surface area contributed by atoms with Gasteiger partial charge in [0.15, 0.2) is 26.5 Å². The quantitative estimate of drug-likeness (QED) is 0.803. The Hall–Kier alpha value is -1.41. The largest absolute Gasteiger partial charge is 0.486 e. The van der Waals surface area contributed by atoms with Gasteiger partial charge in [-0.25, -0.2) is 8.42 Å². The number of rotatable bonds is 2. The number of aliphatic imine (C=N–C) groups is 1.